The van der Waals surface area contributed by atoms with Crippen LogP contribution in [0.1, 0.15) is 24.3 Å². The van der Waals surface area contributed by atoms with Gasteiger partial charge in [-0.25, -0.2) is 9.59 Å². The molecule has 2 heterocycles. The molecule has 0 aliphatic carbocycles. The van der Waals surface area contributed by atoms with Crippen molar-refractivity contribution in [1.29, 1.82) is 0 Å². The maximum Gasteiger partial charge on any atom is 0.336 e. The standard InChI is InChI=1S/C20H21Cl2NO5/c1-26-19(24)14-10-23(9-13-4-3-7-28-13)11-15(20(25)27-2)18(14)12-5-6-16(21)17(22)8-12/h5-6,8,10-11,13,18H,3-4,7,9H2,1-2H3. The molecular formula is C20H21Cl2NO5. The summed E-state index contributed by atoms with van der Waals surface area (Å²) in [5.41, 5.74) is 1.25. The van der Waals surface area contributed by atoms with E-state index in [1.807, 2.05) is 0 Å². The minimum atomic E-state index is -0.685. The lowest BCUT2D eigenvalue weighted by molar-refractivity contribution is -0.137. The normalized spacial score (nSPS) is 19.9. The Morgan fingerprint density at radius 1 is 1.11 bits per heavy atom. The lowest BCUT2D eigenvalue weighted by Crippen LogP contribution is -2.32. The van der Waals surface area contributed by atoms with E-state index < -0.39 is 17.9 Å². The van der Waals surface area contributed by atoms with Crippen LogP contribution in [0.25, 0.3) is 0 Å². The summed E-state index contributed by atoms with van der Waals surface area (Å²) in [6, 6.07) is 4.99. The van der Waals surface area contributed by atoms with Crippen molar-refractivity contribution in [2.75, 3.05) is 27.4 Å². The van der Waals surface area contributed by atoms with Crippen LogP contribution in [0.5, 0.6) is 0 Å². The van der Waals surface area contributed by atoms with E-state index in [4.69, 9.17) is 37.4 Å². The molecule has 28 heavy (non-hydrogen) atoms. The highest BCUT2D eigenvalue weighted by Gasteiger charge is 2.36. The maximum absolute atomic E-state index is 12.6. The summed E-state index contributed by atoms with van der Waals surface area (Å²) in [6.07, 6.45) is 5.33. The van der Waals surface area contributed by atoms with Crippen molar-refractivity contribution in [1.82, 2.24) is 4.90 Å². The van der Waals surface area contributed by atoms with Gasteiger partial charge in [-0.2, -0.15) is 0 Å². The summed E-state index contributed by atoms with van der Waals surface area (Å²) in [5, 5.41) is 0.711. The van der Waals surface area contributed by atoms with Gasteiger partial charge in [-0.05, 0) is 30.5 Å². The molecular weight excluding hydrogens is 405 g/mol. The largest absolute Gasteiger partial charge is 0.466 e. The minimum Gasteiger partial charge on any atom is -0.466 e. The van der Waals surface area contributed by atoms with E-state index in [9.17, 15) is 9.59 Å². The van der Waals surface area contributed by atoms with Crippen LogP contribution in [0.3, 0.4) is 0 Å². The Morgan fingerprint density at radius 3 is 2.25 bits per heavy atom. The molecule has 1 aromatic rings. The maximum atomic E-state index is 12.6. The van der Waals surface area contributed by atoms with E-state index in [0.717, 1.165) is 12.8 Å². The van der Waals surface area contributed by atoms with Gasteiger partial charge in [0.05, 0.1) is 47.4 Å². The molecule has 0 radical (unpaired) electrons. The quantitative estimate of drug-likeness (QED) is 0.670. The smallest absolute Gasteiger partial charge is 0.336 e. The second-order valence-electron chi connectivity index (χ2n) is 6.59. The third-order valence-corrected chi connectivity index (χ3v) is 5.53. The number of ether oxygens (including phenoxy) is 3. The van der Waals surface area contributed by atoms with Gasteiger partial charge in [-0.15, -0.1) is 0 Å². The van der Waals surface area contributed by atoms with Gasteiger partial charge in [0.1, 0.15) is 0 Å². The Morgan fingerprint density at radius 2 is 1.75 bits per heavy atom. The van der Waals surface area contributed by atoms with Crippen molar-refractivity contribution < 1.29 is 23.8 Å². The summed E-state index contributed by atoms with van der Waals surface area (Å²) in [4.78, 5) is 26.9. The number of esters is 2. The molecule has 8 heteroatoms. The van der Waals surface area contributed by atoms with Gasteiger partial charge in [0.25, 0.3) is 0 Å². The van der Waals surface area contributed by atoms with Gasteiger partial charge in [-0.1, -0.05) is 29.3 Å². The number of halogens is 2. The molecule has 1 atom stereocenters. The molecule has 1 aromatic carbocycles. The molecule has 0 spiro atoms. The van der Waals surface area contributed by atoms with Crippen LogP contribution in [0, 0.1) is 0 Å². The predicted molar refractivity (Wildman–Crippen MR) is 105 cm³/mol. The number of hydrogen-bond acceptors (Lipinski definition) is 6. The summed E-state index contributed by atoms with van der Waals surface area (Å²) >= 11 is 12.2. The fourth-order valence-corrected chi connectivity index (χ4v) is 3.77. The molecule has 0 N–H and O–H groups in total. The first-order valence-electron chi connectivity index (χ1n) is 8.87. The Hall–Kier alpha value is -2.02. The summed E-state index contributed by atoms with van der Waals surface area (Å²) in [6.45, 7) is 1.24. The first-order chi connectivity index (χ1) is 13.4. The average Bonchev–Trinajstić information content (AvgIpc) is 3.21. The van der Waals surface area contributed by atoms with E-state index >= 15 is 0 Å². The Kier molecular flexibility index (Phi) is 6.65. The van der Waals surface area contributed by atoms with Crippen molar-refractivity contribution in [3.05, 3.63) is 57.4 Å². The van der Waals surface area contributed by atoms with E-state index in [1.165, 1.54) is 14.2 Å². The lowest BCUT2D eigenvalue weighted by atomic mass is 9.83. The summed E-state index contributed by atoms with van der Waals surface area (Å²) < 4.78 is 15.6. The molecule has 150 valence electrons. The number of rotatable bonds is 5. The highest BCUT2D eigenvalue weighted by atomic mass is 35.5. The molecule has 1 unspecified atom stereocenters. The SMILES string of the molecule is COC(=O)C1=CN(CC2CCCO2)C=C(C(=O)OC)C1c1ccc(Cl)c(Cl)c1. The highest BCUT2D eigenvalue weighted by molar-refractivity contribution is 6.42. The van der Waals surface area contributed by atoms with Gasteiger partial charge in [0, 0.05) is 25.6 Å². The van der Waals surface area contributed by atoms with Crippen LogP contribution in [0.2, 0.25) is 10.0 Å². The first-order valence-corrected chi connectivity index (χ1v) is 9.62. The molecule has 3 rings (SSSR count). The molecule has 0 bridgehead atoms. The molecule has 0 amide bonds. The van der Waals surface area contributed by atoms with Crippen LogP contribution in [0.4, 0.5) is 0 Å². The van der Waals surface area contributed by atoms with Crippen molar-refractivity contribution >= 4 is 35.1 Å². The second-order valence-corrected chi connectivity index (χ2v) is 7.40. The van der Waals surface area contributed by atoms with Gasteiger partial charge < -0.3 is 19.1 Å². The third kappa shape index (κ3) is 4.35. The summed E-state index contributed by atoms with van der Waals surface area (Å²) in [5.74, 6) is -1.76. The fraction of sp³-hybridized carbons (Fsp3) is 0.400. The number of nitrogens with zero attached hydrogens (tertiary/aromatic N) is 1. The zero-order chi connectivity index (χ0) is 20.3. The number of carbonyl (C=O) groups is 2. The Bertz CT molecular complexity index is 796. The lowest BCUT2D eigenvalue weighted by Gasteiger charge is -2.31. The first kappa shape index (κ1) is 20.7. The van der Waals surface area contributed by atoms with E-state index in [2.05, 4.69) is 0 Å². The summed E-state index contributed by atoms with van der Waals surface area (Å²) in [7, 11) is 2.60. The van der Waals surface area contributed by atoms with Crippen LogP contribution in [0.15, 0.2) is 41.7 Å². The van der Waals surface area contributed by atoms with Crippen LogP contribution < -0.4 is 0 Å². The fourth-order valence-electron chi connectivity index (χ4n) is 3.47. The Balaban J connectivity index is 2.05. The number of carbonyl (C=O) groups excluding carboxylic acids is 2. The van der Waals surface area contributed by atoms with Crippen molar-refractivity contribution in [2.45, 2.75) is 24.9 Å². The van der Waals surface area contributed by atoms with Crippen LogP contribution >= 0.6 is 23.2 Å². The topological polar surface area (TPSA) is 65.1 Å². The minimum absolute atomic E-state index is 0.0341. The van der Waals surface area contributed by atoms with Gasteiger partial charge >= 0.3 is 11.9 Å². The highest BCUT2D eigenvalue weighted by Crippen LogP contribution is 2.39. The molecule has 2 aliphatic heterocycles. The molecule has 6 nitrogen and oxygen atoms in total. The van der Waals surface area contributed by atoms with E-state index in [-0.39, 0.29) is 6.10 Å². The van der Waals surface area contributed by atoms with E-state index in [1.54, 1.807) is 35.5 Å². The van der Waals surface area contributed by atoms with Crippen molar-refractivity contribution in [3.8, 4) is 0 Å². The average molecular weight is 426 g/mol. The monoisotopic (exact) mass is 425 g/mol. The van der Waals surface area contributed by atoms with Gasteiger partial charge in [0.2, 0.25) is 0 Å². The van der Waals surface area contributed by atoms with Crippen LogP contribution in [-0.4, -0.2) is 50.3 Å². The Labute approximate surface area is 173 Å². The van der Waals surface area contributed by atoms with Gasteiger partial charge in [0.15, 0.2) is 0 Å². The molecule has 1 fully saturated rings. The van der Waals surface area contributed by atoms with Crippen LogP contribution in [-0.2, 0) is 23.8 Å². The van der Waals surface area contributed by atoms with Gasteiger partial charge in [-0.3, -0.25) is 0 Å². The number of hydrogen-bond donors (Lipinski definition) is 0. The number of methoxy groups -OCH3 is 2. The molecule has 0 saturated carbocycles. The van der Waals surface area contributed by atoms with Crippen molar-refractivity contribution in [3.63, 3.8) is 0 Å². The van der Waals surface area contributed by atoms with Crippen molar-refractivity contribution in [2.24, 2.45) is 0 Å². The number of benzene rings is 1. The predicted octanol–water partition coefficient (Wildman–Crippen LogP) is 3.69. The molecule has 1 saturated heterocycles. The zero-order valence-electron chi connectivity index (χ0n) is 15.6. The zero-order valence-corrected chi connectivity index (χ0v) is 17.1. The van der Waals surface area contributed by atoms with E-state index in [0.29, 0.717) is 39.9 Å². The second kappa shape index (κ2) is 8.99. The third-order valence-electron chi connectivity index (χ3n) is 4.79. The molecule has 2 aliphatic rings. The molecule has 0 aromatic heterocycles.